The Morgan fingerprint density at radius 3 is 2.35 bits per heavy atom. The van der Waals surface area contributed by atoms with Crippen LogP contribution in [0.2, 0.25) is 0 Å². The Morgan fingerprint density at radius 2 is 1.74 bits per heavy atom. The molecule has 0 unspecified atom stereocenters. The number of hydrogen-bond acceptors (Lipinski definition) is 7. The summed E-state index contributed by atoms with van der Waals surface area (Å²) in [4.78, 5) is 43.2. The maximum atomic E-state index is 13.0. The summed E-state index contributed by atoms with van der Waals surface area (Å²) in [6, 6.07) is 15.9. The van der Waals surface area contributed by atoms with E-state index in [0.29, 0.717) is 50.7 Å². The van der Waals surface area contributed by atoms with Crippen LogP contribution in [0.1, 0.15) is 37.5 Å². The molecule has 0 spiro atoms. The zero-order valence-corrected chi connectivity index (χ0v) is 18.8. The van der Waals surface area contributed by atoms with Crippen molar-refractivity contribution in [1.29, 1.82) is 0 Å². The van der Waals surface area contributed by atoms with Gasteiger partial charge < -0.3 is 16.2 Å². The van der Waals surface area contributed by atoms with Gasteiger partial charge in [-0.2, -0.15) is 0 Å². The molecule has 8 nitrogen and oxygen atoms in total. The lowest BCUT2D eigenvalue weighted by Gasteiger charge is -2.27. The van der Waals surface area contributed by atoms with E-state index in [1.54, 1.807) is 30.3 Å². The fourth-order valence-electron chi connectivity index (χ4n) is 4.18. The highest BCUT2D eigenvalue weighted by Gasteiger charge is 2.32. The van der Waals surface area contributed by atoms with Crippen LogP contribution in [0, 0.1) is 0 Å². The number of nitrogen functional groups attached to an aromatic ring is 1. The van der Waals surface area contributed by atoms with Gasteiger partial charge in [0.1, 0.15) is 10.0 Å². The average Bonchev–Trinajstić information content (AvgIpc) is 3.27. The summed E-state index contributed by atoms with van der Waals surface area (Å²) in [7, 11) is 0. The molecule has 0 aliphatic carbocycles. The highest BCUT2D eigenvalue weighted by atomic mass is 32.1. The molecular weight excluding hydrogens is 452 g/mol. The second kappa shape index (κ2) is 8.60. The first-order valence-electron chi connectivity index (χ1n) is 10.6. The van der Waals surface area contributed by atoms with Crippen molar-refractivity contribution in [3.05, 3.63) is 77.5 Å². The van der Waals surface area contributed by atoms with Gasteiger partial charge in [-0.1, -0.05) is 35.6 Å². The Hall–Kier alpha value is -4.24. The maximum absolute atomic E-state index is 13.0. The second-order valence-electron chi connectivity index (χ2n) is 7.88. The number of nitrogens with two attached hydrogens (primary N) is 1. The van der Waals surface area contributed by atoms with Gasteiger partial charge in [-0.05, 0) is 42.1 Å². The fraction of sp³-hybridized carbons (Fsp3) is 0.120. The number of aromatic nitrogens is 1. The predicted octanol–water partition coefficient (Wildman–Crippen LogP) is 4.34. The van der Waals surface area contributed by atoms with E-state index in [-0.39, 0.29) is 23.9 Å². The monoisotopic (exact) mass is 472 g/mol. The lowest BCUT2D eigenvalue weighted by atomic mass is 9.94. The van der Waals surface area contributed by atoms with Crippen molar-refractivity contribution in [1.82, 2.24) is 9.88 Å². The van der Waals surface area contributed by atoms with Crippen LogP contribution in [0.3, 0.4) is 0 Å². The standard InChI is InChI=1S/C25H20N4O4S/c26-20-13-28-22(34-20)16-9-8-15(12-19(16)25(32)33)27-10-3-11-29-23(30)17-6-1-4-14-5-2-7-18(21(14)17)24(29)31/h1-2,4-9,12-13,27H,3,10-11,26H2,(H,32,33). The molecule has 34 heavy (non-hydrogen) atoms. The Labute approximate surface area is 198 Å². The van der Waals surface area contributed by atoms with Gasteiger partial charge in [0.05, 0.1) is 11.8 Å². The summed E-state index contributed by atoms with van der Waals surface area (Å²) in [5, 5.41) is 15.4. The van der Waals surface area contributed by atoms with Crippen molar-refractivity contribution in [3.63, 3.8) is 0 Å². The molecular formula is C25H20N4O4S. The number of thiazole rings is 1. The van der Waals surface area contributed by atoms with Crippen LogP contribution in [0.25, 0.3) is 21.3 Å². The van der Waals surface area contributed by atoms with E-state index in [1.807, 2.05) is 24.3 Å². The normalized spacial score (nSPS) is 12.9. The van der Waals surface area contributed by atoms with Crippen molar-refractivity contribution >= 4 is 50.6 Å². The summed E-state index contributed by atoms with van der Waals surface area (Å²) in [5.41, 5.74) is 8.03. The van der Waals surface area contributed by atoms with E-state index in [0.717, 1.165) is 5.39 Å². The number of amides is 2. The minimum absolute atomic E-state index is 0.116. The molecule has 170 valence electrons. The van der Waals surface area contributed by atoms with Gasteiger partial charge in [0.25, 0.3) is 11.8 Å². The number of anilines is 2. The lowest BCUT2D eigenvalue weighted by molar-refractivity contribution is 0.0608. The number of benzene rings is 3. The van der Waals surface area contributed by atoms with Crippen molar-refractivity contribution < 1.29 is 19.5 Å². The van der Waals surface area contributed by atoms with E-state index >= 15 is 0 Å². The molecule has 3 aromatic carbocycles. The molecule has 4 N–H and O–H groups in total. The third kappa shape index (κ3) is 3.75. The quantitative estimate of drug-likeness (QED) is 0.270. The van der Waals surface area contributed by atoms with Crippen LogP contribution in [0.15, 0.2) is 60.8 Å². The highest BCUT2D eigenvalue weighted by molar-refractivity contribution is 7.18. The van der Waals surface area contributed by atoms with Crippen molar-refractivity contribution in [2.45, 2.75) is 6.42 Å². The molecule has 2 heterocycles. The lowest BCUT2D eigenvalue weighted by Crippen LogP contribution is -2.41. The summed E-state index contributed by atoms with van der Waals surface area (Å²) in [6.45, 7) is 0.698. The number of carboxylic acids is 1. The molecule has 0 saturated carbocycles. The first-order valence-corrected chi connectivity index (χ1v) is 11.5. The molecule has 0 bridgehead atoms. The third-order valence-electron chi connectivity index (χ3n) is 5.75. The Bertz CT molecular complexity index is 1410. The first-order chi connectivity index (χ1) is 16.4. The number of carbonyl (C=O) groups is 3. The fourth-order valence-corrected chi connectivity index (χ4v) is 4.90. The molecule has 1 aromatic heterocycles. The van der Waals surface area contributed by atoms with E-state index in [9.17, 15) is 19.5 Å². The molecule has 0 atom stereocenters. The molecule has 0 saturated heterocycles. The first kappa shape index (κ1) is 21.6. The van der Waals surface area contributed by atoms with Gasteiger partial charge in [-0.15, -0.1) is 0 Å². The minimum Gasteiger partial charge on any atom is -0.478 e. The number of carboxylic acid groups (broad SMARTS) is 1. The van der Waals surface area contributed by atoms with Gasteiger partial charge >= 0.3 is 5.97 Å². The topological polar surface area (TPSA) is 126 Å². The molecule has 2 amide bonds. The predicted molar refractivity (Wildman–Crippen MR) is 131 cm³/mol. The molecule has 9 heteroatoms. The van der Waals surface area contributed by atoms with E-state index in [1.165, 1.54) is 22.4 Å². The number of rotatable bonds is 7. The molecule has 4 aromatic rings. The summed E-state index contributed by atoms with van der Waals surface area (Å²) in [6.07, 6.45) is 2.00. The summed E-state index contributed by atoms with van der Waals surface area (Å²) in [5.74, 6) is -1.66. The SMILES string of the molecule is Nc1cnc(-c2ccc(NCCCN3C(=O)c4cccc5cccc(c45)C3=O)cc2C(=O)O)s1. The third-order valence-corrected chi connectivity index (χ3v) is 6.61. The van der Waals surface area contributed by atoms with Crippen LogP contribution < -0.4 is 11.1 Å². The maximum Gasteiger partial charge on any atom is 0.336 e. The number of nitrogens with one attached hydrogen (secondary N) is 1. The summed E-state index contributed by atoms with van der Waals surface area (Å²) < 4.78 is 0. The van der Waals surface area contributed by atoms with Crippen LogP contribution in [-0.4, -0.2) is 45.9 Å². The number of imide groups is 1. The van der Waals surface area contributed by atoms with Gasteiger partial charge in [0.15, 0.2) is 0 Å². The number of hydrogen-bond donors (Lipinski definition) is 3. The van der Waals surface area contributed by atoms with Gasteiger partial charge in [0, 0.05) is 40.9 Å². The van der Waals surface area contributed by atoms with Crippen LogP contribution >= 0.6 is 11.3 Å². The highest BCUT2D eigenvalue weighted by Crippen LogP contribution is 2.32. The molecule has 1 aliphatic rings. The zero-order chi connectivity index (χ0) is 23.8. The number of carbonyl (C=O) groups excluding carboxylic acids is 2. The molecule has 1 aliphatic heterocycles. The van der Waals surface area contributed by atoms with E-state index in [2.05, 4.69) is 10.3 Å². The number of aromatic carboxylic acids is 1. The van der Waals surface area contributed by atoms with Crippen LogP contribution in [-0.2, 0) is 0 Å². The van der Waals surface area contributed by atoms with Gasteiger partial charge in [-0.25, -0.2) is 9.78 Å². The van der Waals surface area contributed by atoms with Crippen LogP contribution in [0.5, 0.6) is 0 Å². The number of nitrogens with zero attached hydrogens (tertiary/aromatic N) is 2. The molecule has 5 rings (SSSR count). The Morgan fingerprint density at radius 1 is 1.03 bits per heavy atom. The summed E-state index contributed by atoms with van der Waals surface area (Å²) >= 11 is 1.22. The van der Waals surface area contributed by atoms with Crippen molar-refractivity contribution in [3.8, 4) is 10.6 Å². The van der Waals surface area contributed by atoms with Crippen molar-refractivity contribution in [2.24, 2.45) is 0 Å². The van der Waals surface area contributed by atoms with Gasteiger partial charge in [-0.3, -0.25) is 14.5 Å². The van der Waals surface area contributed by atoms with E-state index in [4.69, 9.17) is 5.73 Å². The Kier molecular flexibility index (Phi) is 5.46. The zero-order valence-electron chi connectivity index (χ0n) is 17.9. The minimum atomic E-state index is -1.07. The van der Waals surface area contributed by atoms with Crippen LogP contribution in [0.4, 0.5) is 10.7 Å². The smallest absolute Gasteiger partial charge is 0.336 e. The van der Waals surface area contributed by atoms with Crippen molar-refractivity contribution in [2.75, 3.05) is 24.1 Å². The van der Waals surface area contributed by atoms with Gasteiger partial charge in [0.2, 0.25) is 0 Å². The molecule has 0 radical (unpaired) electrons. The second-order valence-corrected chi connectivity index (χ2v) is 8.95. The largest absolute Gasteiger partial charge is 0.478 e. The Balaban J connectivity index is 1.27. The molecule has 0 fully saturated rings. The average molecular weight is 473 g/mol. The van der Waals surface area contributed by atoms with E-state index < -0.39 is 5.97 Å².